The number of nitrogens with zero attached hydrogens (tertiary/aromatic N) is 2. The fourth-order valence-corrected chi connectivity index (χ4v) is 2.73. The van der Waals surface area contributed by atoms with Crippen LogP contribution in [0.3, 0.4) is 0 Å². The number of aromatic amines is 1. The van der Waals surface area contributed by atoms with Gasteiger partial charge in [-0.3, -0.25) is 9.67 Å². The van der Waals surface area contributed by atoms with Gasteiger partial charge < -0.3 is 0 Å². The van der Waals surface area contributed by atoms with Crippen molar-refractivity contribution in [2.75, 3.05) is 0 Å². The van der Waals surface area contributed by atoms with Crippen LogP contribution in [0.1, 0.15) is 5.56 Å². The number of benzene rings is 2. The third kappa shape index (κ3) is 2.73. The quantitative estimate of drug-likeness (QED) is 0.713. The Morgan fingerprint density at radius 2 is 1.90 bits per heavy atom. The molecule has 0 unspecified atom stereocenters. The lowest BCUT2D eigenvalue weighted by molar-refractivity contribution is 0.790. The molecule has 0 fully saturated rings. The molecule has 0 radical (unpaired) electrons. The standard InChI is InChI=1S/C15H12BrN3S/c16-13-8-4-5-11(9-13)10-19-14(17-18-15(19)20)12-6-2-1-3-7-12/h1-9H,10H2,(H,18,20). The number of hydrogen-bond donors (Lipinski definition) is 1. The Morgan fingerprint density at radius 1 is 1.10 bits per heavy atom. The second kappa shape index (κ2) is 5.73. The van der Waals surface area contributed by atoms with Crippen molar-refractivity contribution in [3.05, 3.63) is 69.4 Å². The van der Waals surface area contributed by atoms with Gasteiger partial charge in [0.1, 0.15) is 0 Å². The Kier molecular flexibility index (Phi) is 3.80. The fraction of sp³-hybridized carbons (Fsp3) is 0.0667. The summed E-state index contributed by atoms with van der Waals surface area (Å²) in [4.78, 5) is 0. The topological polar surface area (TPSA) is 33.6 Å². The molecule has 0 saturated carbocycles. The van der Waals surface area contributed by atoms with E-state index >= 15 is 0 Å². The molecule has 3 nitrogen and oxygen atoms in total. The smallest absolute Gasteiger partial charge is 0.195 e. The van der Waals surface area contributed by atoms with Crippen molar-refractivity contribution in [3.63, 3.8) is 0 Å². The first-order valence-corrected chi connectivity index (χ1v) is 7.39. The largest absolute Gasteiger partial charge is 0.296 e. The zero-order valence-corrected chi connectivity index (χ0v) is 13.0. The Bertz CT molecular complexity index is 777. The van der Waals surface area contributed by atoms with Crippen LogP contribution >= 0.6 is 28.1 Å². The molecular weight excluding hydrogens is 334 g/mol. The van der Waals surface area contributed by atoms with Gasteiger partial charge in [0.2, 0.25) is 0 Å². The van der Waals surface area contributed by atoms with Crippen LogP contribution in [0.2, 0.25) is 0 Å². The van der Waals surface area contributed by atoms with Gasteiger partial charge in [0.15, 0.2) is 10.6 Å². The van der Waals surface area contributed by atoms with Crippen LogP contribution < -0.4 is 0 Å². The zero-order chi connectivity index (χ0) is 13.9. The molecule has 0 bridgehead atoms. The van der Waals surface area contributed by atoms with Crippen LogP contribution in [0.5, 0.6) is 0 Å². The molecule has 3 rings (SSSR count). The minimum atomic E-state index is 0.629. The highest BCUT2D eigenvalue weighted by molar-refractivity contribution is 9.10. The number of rotatable bonds is 3. The van der Waals surface area contributed by atoms with E-state index in [1.54, 1.807) is 0 Å². The zero-order valence-electron chi connectivity index (χ0n) is 10.6. The summed E-state index contributed by atoms with van der Waals surface area (Å²) in [6.45, 7) is 0.693. The lowest BCUT2D eigenvalue weighted by Crippen LogP contribution is -2.02. The van der Waals surface area contributed by atoms with Crippen LogP contribution in [0, 0.1) is 4.77 Å². The molecule has 3 aromatic rings. The van der Waals surface area contributed by atoms with Crippen LogP contribution in [-0.4, -0.2) is 14.8 Å². The van der Waals surface area contributed by atoms with Crippen molar-refractivity contribution in [1.29, 1.82) is 0 Å². The molecule has 1 heterocycles. The van der Waals surface area contributed by atoms with Gasteiger partial charge in [0.25, 0.3) is 0 Å². The summed E-state index contributed by atoms with van der Waals surface area (Å²) in [7, 11) is 0. The number of hydrogen-bond acceptors (Lipinski definition) is 2. The minimum absolute atomic E-state index is 0.629. The minimum Gasteiger partial charge on any atom is -0.296 e. The van der Waals surface area contributed by atoms with Gasteiger partial charge in [-0.25, -0.2) is 0 Å². The van der Waals surface area contributed by atoms with E-state index in [2.05, 4.69) is 38.3 Å². The summed E-state index contributed by atoms with van der Waals surface area (Å²) in [5.41, 5.74) is 2.23. The Balaban J connectivity index is 2.02. The number of halogens is 1. The molecule has 0 atom stereocenters. The molecule has 0 amide bonds. The molecule has 1 N–H and O–H groups in total. The maximum atomic E-state index is 5.34. The van der Waals surface area contributed by atoms with E-state index in [-0.39, 0.29) is 0 Å². The fourth-order valence-electron chi connectivity index (χ4n) is 2.09. The summed E-state index contributed by atoms with van der Waals surface area (Å²) in [6, 6.07) is 18.2. The van der Waals surface area contributed by atoms with Gasteiger partial charge >= 0.3 is 0 Å². The van der Waals surface area contributed by atoms with Crippen LogP contribution in [0.25, 0.3) is 11.4 Å². The lowest BCUT2D eigenvalue weighted by Gasteiger charge is -2.07. The summed E-state index contributed by atoms with van der Waals surface area (Å²) < 4.78 is 3.70. The molecule has 20 heavy (non-hydrogen) atoms. The monoisotopic (exact) mass is 345 g/mol. The molecular formula is C15H12BrN3S. The molecule has 100 valence electrons. The maximum Gasteiger partial charge on any atom is 0.195 e. The van der Waals surface area contributed by atoms with Gasteiger partial charge in [0, 0.05) is 10.0 Å². The Labute approximate surface area is 130 Å². The van der Waals surface area contributed by atoms with Gasteiger partial charge in [-0.1, -0.05) is 58.4 Å². The van der Waals surface area contributed by atoms with E-state index < -0.39 is 0 Å². The SMILES string of the molecule is S=c1[nH]nc(-c2ccccc2)n1Cc1cccc(Br)c1. The highest BCUT2D eigenvalue weighted by Gasteiger charge is 2.08. The molecule has 0 aliphatic carbocycles. The van der Waals surface area contributed by atoms with Gasteiger partial charge in [-0.2, -0.15) is 5.10 Å². The van der Waals surface area contributed by atoms with Crippen molar-refractivity contribution in [3.8, 4) is 11.4 Å². The van der Waals surface area contributed by atoms with E-state index in [9.17, 15) is 0 Å². The summed E-state index contributed by atoms with van der Waals surface area (Å²) in [6.07, 6.45) is 0. The third-order valence-electron chi connectivity index (χ3n) is 3.02. The molecule has 0 aliphatic heterocycles. The van der Waals surface area contributed by atoms with Crippen molar-refractivity contribution in [1.82, 2.24) is 14.8 Å². The molecule has 0 spiro atoms. The third-order valence-corrected chi connectivity index (χ3v) is 3.82. The highest BCUT2D eigenvalue weighted by atomic mass is 79.9. The van der Waals surface area contributed by atoms with Crippen molar-refractivity contribution < 1.29 is 0 Å². The van der Waals surface area contributed by atoms with Crippen LogP contribution in [-0.2, 0) is 6.54 Å². The average Bonchev–Trinajstić information content (AvgIpc) is 2.81. The lowest BCUT2D eigenvalue weighted by atomic mass is 10.2. The molecule has 2 aromatic carbocycles. The van der Waals surface area contributed by atoms with E-state index in [0.29, 0.717) is 11.3 Å². The van der Waals surface area contributed by atoms with Crippen molar-refractivity contribution in [2.45, 2.75) is 6.54 Å². The van der Waals surface area contributed by atoms with Crippen molar-refractivity contribution >= 4 is 28.1 Å². The molecule has 0 aliphatic rings. The second-order valence-electron chi connectivity index (χ2n) is 4.43. The van der Waals surface area contributed by atoms with Gasteiger partial charge in [-0.15, -0.1) is 0 Å². The van der Waals surface area contributed by atoms with Crippen LogP contribution in [0.4, 0.5) is 0 Å². The number of aromatic nitrogens is 3. The summed E-state index contributed by atoms with van der Waals surface area (Å²) in [5, 5.41) is 7.21. The van der Waals surface area contributed by atoms with Crippen LogP contribution in [0.15, 0.2) is 59.1 Å². The summed E-state index contributed by atoms with van der Waals surface area (Å²) >= 11 is 8.83. The average molecular weight is 346 g/mol. The first-order chi connectivity index (χ1) is 9.74. The van der Waals surface area contributed by atoms with Crippen molar-refractivity contribution in [2.24, 2.45) is 0 Å². The van der Waals surface area contributed by atoms with E-state index in [4.69, 9.17) is 12.2 Å². The van der Waals surface area contributed by atoms with E-state index in [0.717, 1.165) is 15.9 Å². The summed E-state index contributed by atoms with van der Waals surface area (Å²) in [5.74, 6) is 0.857. The molecule has 5 heteroatoms. The second-order valence-corrected chi connectivity index (χ2v) is 5.74. The molecule has 0 saturated heterocycles. The van der Waals surface area contributed by atoms with Gasteiger partial charge in [0.05, 0.1) is 6.54 Å². The van der Waals surface area contributed by atoms with E-state index in [1.165, 1.54) is 5.56 Å². The normalized spacial score (nSPS) is 10.7. The molecule has 1 aromatic heterocycles. The number of nitrogens with one attached hydrogen (secondary N) is 1. The predicted octanol–water partition coefficient (Wildman–Crippen LogP) is 4.42. The first-order valence-electron chi connectivity index (χ1n) is 6.19. The Morgan fingerprint density at radius 3 is 2.65 bits per heavy atom. The van der Waals surface area contributed by atoms with Gasteiger partial charge in [-0.05, 0) is 29.9 Å². The first kappa shape index (κ1) is 13.3. The predicted molar refractivity (Wildman–Crippen MR) is 86.1 cm³/mol. The highest BCUT2D eigenvalue weighted by Crippen LogP contribution is 2.19. The maximum absolute atomic E-state index is 5.34. The Hall–Kier alpha value is -1.72. The van der Waals surface area contributed by atoms with E-state index in [1.807, 2.05) is 47.0 Å². The number of H-pyrrole nitrogens is 1.